The van der Waals surface area contributed by atoms with Gasteiger partial charge in [-0.1, -0.05) is 60.2 Å². The lowest BCUT2D eigenvalue weighted by molar-refractivity contribution is -0.133. The Morgan fingerprint density at radius 3 is 2.43 bits per heavy atom. The lowest BCUT2D eigenvalue weighted by atomic mass is 10.2. The SMILES string of the molecule is Cc1ccc(OCCCC(=O)N2CCN(C/C=C/c3ccccc3)CC2)cc1. The first kappa shape index (κ1) is 20.2. The molecule has 0 aromatic heterocycles. The van der Waals surface area contributed by atoms with Crippen LogP contribution in [0.5, 0.6) is 5.75 Å². The number of hydrogen-bond donors (Lipinski definition) is 0. The molecule has 4 nitrogen and oxygen atoms in total. The molecule has 1 aliphatic rings. The van der Waals surface area contributed by atoms with Gasteiger partial charge in [0.2, 0.25) is 5.91 Å². The van der Waals surface area contributed by atoms with E-state index in [0.717, 1.165) is 44.9 Å². The fourth-order valence-electron chi connectivity index (χ4n) is 3.29. The Balaban J connectivity index is 1.30. The molecule has 1 amide bonds. The summed E-state index contributed by atoms with van der Waals surface area (Å²) in [5.74, 6) is 1.11. The molecule has 2 aromatic carbocycles. The van der Waals surface area contributed by atoms with Crippen molar-refractivity contribution in [3.63, 3.8) is 0 Å². The number of rotatable bonds is 8. The fourth-order valence-corrected chi connectivity index (χ4v) is 3.29. The van der Waals surface area contributed by atoms with Gasteiger partial charge in [0.05, 0.1) is 6.61 Å². The second kappa shape index (κ2) is 10.7. The summed E-state index contributed by atoms with van der Waals surface area (Å²) in [7, 11) is 0. The molecule has 0 saturated carbocycles. The van der Waals surface area contributed by atoms with Gasteiger partial charge in [0.1, 0.15) is 5.75 Å². The Labute approximate surface area is 168 Å². The van der Waals surface area contributed by atoms with E-state index in [2.05, 4.69) is 48.2 Å². The smallest absolute Gasteiger partial charge is 0.222 e. The summed E-state index contributed by atoms with van der Waals surface area (Å²) in [6.45, 7) is 7.07. The van der Waals surface area contributed by atoms with Crippen molar-refractivity contribution in [1.82, 2.24) is 9.80 Å². The molecule has 1 aliphatic heterocycles. The van der Waals surface area contributed by atoms with E-state index in [0.29, 0.717) is 13.0 Å². The van der Waals surface area contributed by atoms with Gasteiger partial charge in [-0.05, 0) is 31.0 Å². The van der Waals surface area contributed by atoms with Crippen molar-refractivity contribution in [2.75, 3.05) is 39.3 Å². The highest BCUT2D eigenvalue weighted by molar-refractivity contribution is 5.76. The van der Waals surface area contributed by atoms with Gasteiger partial charge < -0.3 is 9.64 Å². The zero-order chi connectivity index (χ0) is 19.6. The van der Waals surface area contributed by atoms with Gasteiger partial charge in [0.25, 0.3) is 0 Å². The van der Waals surface area contributed by atoms with E-state index in [4.69, 9.17) is 4.74 Å². The third-order valence-corrected chi connectivity index (χ3v) is 5.02. The molecule has 1 heterocycles. The highest BCUT2D eigenvalue weighted by Crippen LogP contribution is 2.12. The first-order valence-corrected chi connectivity index (χ1v) is 10.1. The molecule has 4 heteroatoms. The van der Waals surface area contributed by atoms with Gasteiger partial charge in [-0.15, -0.1) is 0 Å². The standard InChI is InChI=1S/C24H30N2O2/c1-21-11-13-23(14-12-21)28-20-6-10-24(27)26-18-16-25(17-19-26)15-5-9-22-7-3-2-4-8-22/h2-5,7-9,11-14H,6,10,15-20H2,1H3/b9-5+. The number of carbonyl (C=O) groups excluding carboxylic acids is 1. The number of piperazine rings is 1. The largest absolute Gasteiger partial charge is 0.494 e. The van der Waals surface area contributed by atoms with Crippen molar-refractivity contribution < 1.29 is 9.53 Å². The van der Waals surface area contributed by atoms with Crippen molar-refractivity contribution in [2.24, 2.45) is 0 Å². The van der Waals surface area contributed by atoms with Crippen LogP contribution in [0.25, 0.3) is 6.08 Å². The number of hydrogen-bond acceptors (Lipinski definition) is 3. The molecule has 0 atom stereocenters. The minimum atomic E-state index is 0.243. The molecule has 3 rings (SSSR count). The number of amides is 1. The van der Waals surface area contributed by atoms with Crippen LogP contribution in [0.3, 0.4) is 0 Å². The maximum Gasteiger partial charge on any atom is 0.222 e. The Morgan fingerprint density at radius 1 is 1.00 bits per heavy atom. The van der Waals surface area contributed by atoms with Crippen LogP contribution in [0.2, 0.25) is 0 Å². The summed E-state index contributed by atoms with van der Waals surface area (Å²) < 4.78 is 5.71. The molecular weight excluding hydrogens is 348 g/mol. The lowest BCUT2D eigenvalue weighted by Gasteiger charge is -2.34. The van der Waals surface area contributed by atoms with E-state index in [9.17, 15) is 4.79 Å². The highest BCUT2D eigenvalue weighted by Gasteiger charge is 2.19. The quantitative estimate of drug-likeness (QED) is 0.651. The van der Waals surface area contributed by atoms with E-state index < -0.39 is 0 Å². The number of nitrogens with zero attached hydrogens (tertiary/aromatic N) is 2. The maximum atomic E-state index is 12.4. The van der Waals surface area contributed by atoms with Crippen LogP contribution >= 0.6 is 0 Å². The molecule has 0 bridgehead atoms. The summed E-state index contributed by atoms with van der Waals surface area (Å²) >= 11 is 0. The van der Waals surface area contributed by atoms with E-state index in [1.807, 2.05) is 35.2 Å². The van der Waals surface area contributed by atoms with Crippen molar-refractivity contribution in [1.29, 1.82) is 0 Å². The third kappa shape index (κ3) is 6.54. The predicted octanol–water partition coefficient (Wildman–Crippen LogP) is 4.01. The van der Waals surface area contributed by atoms with Gasteiger partial charge in [-0.3, -0.25) is 9.69 Å². The summed E-state index contributed by atoms with van der Waals surface area (Å²) in [4.78, 5) is 16.8. The van der Waals surface area contributed by atoms with E-state index in [-0.39, 0.29) is 5.91 Å². The second-order valence-electron chi connectivity index (χ2n) is 7.26. The zero-order valence-corrected chi connectivity index (χ0v) is 16.7. The molecule has 1 fully saturated rings. The third-order valence-electron chi connectivity index (χ3n) is 5.02. The first-order chi connectivity index (χ1) is 13.7. The van der Waals surface area contributed by atoms with Crippen LogP contribution in [0.15, 0.2) is 60.7 Å². The lowest BCUT2D eigenvalue weighted by Crippen LogP contribution is -2.48. The van der Waals surface area contributed by atoms with Crippen LogP contribution in [0.4, 0.5) is 0 Å². The summed E-state index contributed by atoms with van der Waals surface area (Å²) in [5.41, 5.74) is 2.45. The van der Waals surface area contributed by atoms with Crippen molar-refractivity contribution >= 4 is 12.0 Å². The van der Waals surface area contributed by atoms with E-state index in [1.165, 1.54) is 11.1 Å². The van der Waals surface area contributed by atoms with Gasteiger partial charge >= 0.3 is 0 Å². The van der Waals surface area contributed by atoms with Gasteiger partial charge in [0, 0.05) is 39.1 Å². The molecule has 2 aromatic rings. The number of aryl methyl sites for hydroxylation is 1. The monoisotopic (exact) mass is 378 g/mol. The molecule has 0 N–H and O–H groups in total. The van der Waals surface area contributed by atoms with Crippen LogP contribution in [0.1, 0.15) is 24.0 Å². The van der Waals surface area contributed by atoms with Crippen LogP contribution in [-0.4, -0.2) is 55.0 Å². The van der Waals surface area contributed by atoms with Crippen molar-refractivity contribution in [2.45, 2.75) is 19.8 Å². The number of carbonyl (C=O) groups is 1. The van der Waals surface area contributed by atoms with Gasteiger partial charge in [-0.25, -0.2) is 0 Å². The topological polar surface area (TPSA) is 32.8 Å². The van der Waals surface area contributed by atoms with Crippen molar-refractivity contribution in [3.8, 4) is 5.75 Å². The Kier molecular flexibility index (Phi) is 7.68. The maximum absolute atomic E-state index is 12.4. The average molecular weight is 379 g/mol. The van der Waals surface area contributed by atoms with Crippen molar-refractivity contribution in [3.05, 3.63) is 71.8 Å². The Hall–Kier alpha value is -2.59. The van der Waals surface area contributed by atoms with E-state index >= 15 is 0 Å². The van der Waals surface area contributed by atoms with Crippen LogP contribution in [-0.2, 0) is 4.79 Å². The Morgan fingerprint density at radius 2 is 1.71 bits per heavy atom. The highest BCUT2D eigenvalue weighted by atomic mass is 16.5. The molecule has 0 unspecified atom stereocenters. The molecule has 0 spiro atoms. The summed E-state index contributed by atoms with van der Waals surface area (Å²) in [6, 6.07) is 18.4. The van der Waals surface area contributed by atoms with E-state index in [1.54, 1.807) is 0 Å². The molecule has 148 valence electrons. The summed E-state index contributed by atoms with van der Waals surface area (Å²) in [6.07, 6.45) is 5.67. The molecule has 1 saturated heterocycles. The van der Waals surface area contributed by atoms with Gasteiger partial charge in [-0.2, -0.15) is 0 Å². The average Bonchev–Trinajstić information content (AvgIpc) is 2.73. The zero-order valence-electron chi connectivity index (χ0n) is 16.7. The Bertz CT molecular complexity index is 748. The molecule has 0 aliphatic carbocycles. The first-order valence-electron chi connectivity index (χ1n) is 10.1. The van der Waals surface area contributed by atoms with Crippen LogP contribution < -0.4 is 4.74 Å². The van der Waals surface area contributed by atoms with Gasteiger partial charge in [0.15, 0.2) is 0 Å². The molecule has 28 heavy (non-hydrogen) atoms. The fraction of sp³-hybridized carbons (Fsp3) is 0.375. The predicted molar refractivity (Wildman–Crippen MR) is 114 cm³/mol. The number of ether oxygens (including phenoxy) is 1. The molecular formula is C24H30N2O2. The second-order valence-corrected chi connectivity index (χ2v) is 7.26. The number of benzene rings is 2. The van der Waals surface area contributed by atoms with Crippen LogP contribution in [0, 0.1) is 6.92 Å². The minimum Gasteiger partial charge on any atom is -0.494 e. The normalized spacial score (nSPS) is 15.1. The minimum absolute atomic E-state index is 0.243. The summed E-state index contributed by atoms with van der Waals surface area (Å²) in [5, 5.41) is 0. The molecule has 0 radical (unpaired) electrons.